The van der Waals surface area contributed by atoms with Crippen molar-refractivity contribution >= 4 is 53.9 Å². The molecule has 0 atom stereocenters. The minimum atomic E-state index is 1.23. The molecule has 204 valence electrons. The topological polar surface area (TPSA) is 0 Å². The Balaban J connectivity index is 1.47. The smallest absolute Gasteiger partial charge is 0.00141 e. The van der Waals surface area contributed by atoms with E-state index in [0.29, 0.717) is 0 Å². The Bertz CT molecular complexity index is 2540. The molecule has 0 saturated heterocycles. The van der Waals surface area contributed by atoms with Crippen molar-refractivity contribution in [2.24, 2.45) is 0 Å². The monoisotopic (exact) mass is 556 g/mol. The molecule has 0 aliphatic carbocycles. The van der Waals surface area contributed by atoms with Crippen LogP contribution in [0, 0.1) is 0 Å². The molecular weight excluding hydrogens is 528 g/mol. The second kappa shape index (κ2) is 9.93. The van der Waals surface area contributed by atoms with Crippen LogP contribution in [0.1, 0.15) is 0 Å². The molecule has 0 heteroatoms. The summed E-state index contributed by atoms with van der Waals surface area (Å²) < 4.78 is 0. The molecule has 0 nitrogen and oxygen atoms in total. The van der Waals surface area contributed by atoms with E-state index in [1.807, 2.05) is 0 Å². The molecule has 9 rings (SSSR count). The second-order valence-electron chi connectivity index (χ2n) is 11.6. The van der Waals surface area contributed by atoms with Crippen LogP contribution in [-0.2, 0) is 0 Å². The molecule has 9 aromatic rings. The normalized spacial score (nSPS) is 11.6. The van der Waals surface area contributed by atoms with E-state index in [9.17, 15) is 0 Å². The van der Waals surface area contributed by atoms with E-state index in [4.69, 9.17) is 0 Å². The average Bonchev–Trinajstić information content (AvgIpc) is 3.10. The summed E-state index contributed by atoms with van der Waals surface area (Å²) in [5.74, 6) is 0. The summed E-state index contributed by atoms with van der Waals surface area (Å²) in [6.45, 7) is 0. The van der Waals surface area contributed by atoms with Crippen LogP contribution in [0.5, 0.6) is 0 Å². The van der Waals surface area contributed by atoms with Crippen molar-refractivity contribution in [1.29, 1.82) is 0 Å². The molecule has 0 aromatic heterocycles. The standard InChI is InChI=1S/C44H28/c1-2-12-29(13-3-1)34-16-8-9-19-37(34)43-39-21-11-10-20-38(39)42(44-36-18-7-5-15-31(36)26-27-40(43)44)33-25-24-32-23-22-30-14-4-6-17-35(30)41(32)28-33/h1-28H. The van der Waals surface area contributed by atoms with E-state index in [0.717, 1.165) is 0 Å². The van der Waals surface area contributed by atoms with Crippen LogP contribution >= 0.6 is 0 Å². The minimum absolute atomic E-state index is 1.23. The molecule has 0 saturated carbocycles. The first-order chi connectivity index (χ1) is 21.8. The maximum Gasteiger partial charge on any atom is -0.00141 e. The van der Waals surface area contributed by atoms with Gasteiger partial charge in [0, 0.05) is 0 Å². The quantitative estimate of drug-likeness (QED) is 0.150. The molecule has 0 fully saturated rings. The zero-order valence-electron chi connectivity index (χ0n) is 24.2. The average molecular weight is 557 g/mol. The third-order valence-corrected chi connectivity index (χ3v) is 9.23. The molecule has 44 heavy (non-hydrogen) atoms. The van der Waals surface area contributed by atoms with Crippen molar-refractivity contribution in [3.8, 4) is 33.4 Å². The van der Waals surface area contributed by atoms with E-state index >= 15 is 0 Å². The molecule has 0 N–H and O–H groups in total. The third kappa shape index (κ3) is 3.78. The summed E-state index contributed by atoms with van der Waals surface area (Å²) in [4.78, 5) is 0. The highest BCUT2D eigenvalue weighted by Gasteiger charge is 2.20. The van der Waals surface area contributed by atoms with Gasteiger partial charge in [-0.25, -0.2) is 0 Å². The van der Waals surface area contributed by atoms with E-state index in [2.05, 4.69) is 170 Å². The third-order valence-electron chi connectivity index (χ3n) is 9.23. The van der Waals surface area contributed by atoms with Gasteiger partial charge in [0.1, 0.15) is 0 Å². The van der Waals surface area contributed by atoms with Crippen molar-refractivity contribution in [2.75, 3.05) is 0 Å². The zero-order valence-corrected chi connectivity index (χ0v) is 24.2. The summed E-state index contributed by atoms with van der Waals surface area (Å²) in [7, 11) is 0. The summed E-state index contributed by atoms with van der Waals surface area (Å²) >= 11 is 0. The molecule has 0 radical (unpaired) electrons. The SMILES string of the molecule is c1ccc(-c2ccccc2-c2c3ccccc3c(-c3ccc4ccc5ccccc5c4c3)c3c2ccc2ccccc23)cc1. The van der Waals surface area contributed by atoms with Crippen LogP contribution in [0.25, 0.3) is 87.2 Å². The lowest BCUT2D eigenvalue weighted by Gasteiger charge is -2.21. The molecule has 0 bridgehead atoms. The van der Waals surface area contributed by atoms with Gasteiger partial charge in [-0.1, -0.05) is 164 Å². The van der Waals surface area contributed by atoms with Gasteiger partial charge in [-0.2, -0.15) is 0 Å². The van der Waals surface area contributed by atoms with E-state index in [1.54, 1.807) is 0 Å². The minimum Gasteiger partial charge on any atom is -0.0622 e. The molecule has 0 heterocycles. The largest absolute Gasteiger partial charge is 0.0622 e. The highest BCUT2D eigenvalue weighted by molar-refractivity contribution is 6.29. The Morgan fingerprint density at radius 3 is 1.55 bits per heavy atom. The maximum atomic E-state index is 2.41. The summed E-state index contributed by atoms with van der Waals surface area (Å²) in [6, 6.07) is 62.3. The summed E-state index contributed by atoms with van der Waals surface area (Å²) in [6.07, 6.45) is 0. The van der Waals surface area contributed by atoms with Crippen LogP contribution in [-0.4, -0.2) is 0 Å². The Hall–Kier alpha value is -5.72. The van der Waals surface area contributed by atoms with Gasteiger partial charge in [-0.3, -0.25) is 0 Å². The fourth-order valence-corrected chi connectivity index (χ4v) is 7.27. The molecule has 0 unspecified atom stereocenters. The summed E-state index contributed by atoms with van der Waals surface area (Å²) in [5.41, 5.74) is 7.56. The van der Waals surface area contributed by atoms with Gasteiger partial charge in [0.2, 0.25) is 0 Å². The van der Waals surface area contributed by atoms with Gasteiger partial charge in [0.25, 0.3) is 0 Å². The number of benzene rings is 9. The number of hydrogen-bond acceptors (Lipinski definition) is 0. The first-order valence-corrected chi connectivity index (χ1v) is 15.3. The van der Waals surface area contributed by atoms with Crippen LogP contribution in [0.2, 0.25) is 0 Å². The van der Waals surface area contributed by atoms with Crippen LogP contribution < -0.4 is 0 Å². The lowest BCUT2D eigenvalue weighted by atomic mass is 9.82. The Morgan fingerprint density at radius 2 is 0.773 bits per heavy atom. The second-order valence-corrected chi connectivity index (χ2v) is 11.6. The van der Waals surface area contributed by atoms with Gasteiger partial charge in [0.05, 0.1) is 0 Å². The van der Waals surface area contributed by atoms with Crippen molar-refractivity contribution in [3.05, 3.63) is 170 Å². The Labute approximate surface area is 256 Å². The Morgan fingerprint density at radius 1 is 0.250 bits per heavy atom. The van der Waals surface area contributed by atoms with Crippen molar-refractivity contribution in [1.82, 2.24) is 0 Å². The number of hydrogen-bond donors (Lipinski definition) is 0. The molecule has 0 aliphatic rings. The van der Waals surface area contributed by atoms with E-state index < -0.39 is 0 Å². The van der Waals surface area contributed by atoms with Gasteiger partial charge in [0.15, 0.2) is 0 Å². The van der Waals surface area contributed by atoms with Crippen molar-refractivity contribution in [3.63, 3.8) is 0 Å². The van der Waals surface area contributed by atoms with E-state index in [-0.39, 0.29) is 0 Å². The zero-order chi connectivity index (χ0) is 29.0. The molecular formula is C44H28. The fraction of sp³-hybridized carbons (Fsp3) is 0. The first kappa shape index (κ1) is 24.8. The van der Waals surface area contributed by atoms with E-state index in [1.165, 1.54) is 87.2 Å². The highest BCUT2D eigenvalue weighted by atomic mass is 14.2. The highest BCUT2D eigenvalue weighted by Crippen LogP contribution is 2.48. The molecule has 0 aliphatic heterocycles. The van der Waals surface area contributed by atoms with Crippen molar-refractivity contribution < 1.29 is 0 Å². The maximum absolute atomic E-state index is 2.41. The van der Waals surface area contributed by atoms with Gasteiger partial charge in [-0.05, 0) is 93.3 Å². The summed E-state index contributed by atoms with van der Waals surface area (Å²) in [5, 5.41) is 12.8. The van der Waals surface area contributed by atoms with Crippen LogP contribution in [0.3, 0.4) is 0 Å². The molecule has 0 spiro atoms. The van der Waals surface area contributed by atoms with Gasteiger partial charge in [-0.15, -0.1) is 0 Å². The fourth-order valence-electron chi connectivity index (χ4n) is 7.27. The predicted molar refractivity (Wildman–Crippen MR) is 190 cm³/mol. The first-order valence-electron chi connectivity index (χ1n) is 15.3. The lowest BCUT2D eigenvalue weighted by molar-refractivity contribution is 1.61. The Kier molecular flexibility index (Phi) is 5.61. The predicted octanol–water partition coefficient (Wildman–Crippen LogP) is 12.5. The van der Waals surface area contributed by atoms with Crippen LogP contribution in [0.15, 0.2) is 170 Å². The number of fused-ring (bicyclic) bond motifs is 7. The molecule has 0 amide bonds. The molecule has 9 aromatic carbocycles. The van der Waals surface area contributed by atoms with Crippen LogP contribution in [0.4, 0.5) is 0 Å². The van der Waals surface area contributed by atoms with Gasteiger partial charge >= 0.3 is 0 Å². The van der Waals surface area contributed by atoms with Gasteiger partial charge < -0.3 is 0 Å². The number of rotatable bonds is 3. The lowest BCUT2D eigenvalue weighted by Crippen LogP contribution is -1.94. The van der Waals surface area contributed by atoms with Crippen molar-refractivity contribution in [2.45, 2.75) is 0 Å².